The van der Waals surface area contributed by atoms with Gasteiger partial charge < -0.3 is 18.9 Å². The lowest BCUT2D eigenvalue weighted by Gasteiger charge is -2.26. The molecule has 0 unspecified atom stereocenters. The van der Waals surface area contributed by atoms with Crippen LogP contribution in [0.2, 0.25) is 0 Å². The molecule has 1 aliphatic heterocycles. The molecule has 2 aromatic rings. The largest absolute Gasteiger partial charge is 0.748 e. The van der Waals surface area contributed by atoms with Crippen LogP contribution in [0.1, 0.15) is 22.3 Å². The maximum atomic E-state index is 12.3. The van der Waals surface area contributed by atoms with Gasteiger partial charge in [-0.15, -0.1) is 0 Å². The number of morpholine rings is 1. The molecule has 34 heavy (non-hydrogen) atoms. The van der Waals surface area contributed by atoms with E-state index in [-0.39, 0.29) is 11.9 Å². The van der Waals surface area contributed by atoms with Crippen LogP contribution >= 0.6 is 0 Å². The van der Waals surface area contributed by atoms with Gasteiger partial charge in [-0.25, -0.2) is 18.2 Å². The monoisotopic (exact) mass is 492 g/mol. The minimum absolute atomic E-state index is 0.0760. The molecular formula is C22H28N4O7S. The van der Waals surface area contributed by atoms with Gasteiger partial charge in [0.1, 0.15) is 5.75 Å². The Kier molecular flexibility index (Phi) is 9.98. The van der Waals surface area contributed by atoms with E-state index in [4.69, 9.17) is 33.9 Å². The van der Waals surface area contributed by atoms with Crippen LogP contribution in [0.3, 0.4) is 0 Å². The molecule has 0 aromatic heterocycles. The second-order valence-electron chi connectivity index (χ2n) is 7.39. The van der Waals surface area contributed by atoms with Gasteiger partial charge in [-0.1, -0.05) is 12.1 Å². The fraction of sp³-hybridized carbons (Fsp3) is 0.318. The molecule has 1 heterocycles. The Hall–Kier alpha value is -3.48. The van der Waals surface area contributed by atoms with Gasteiger partial charge in [-0.2, -0.15) is 0 Å². The predicted molar refractivity (Wildman–Crippen MR) is 123 cm³/mol. The average Bonchev–Trinajstić information content (AvgIpc) is 2.78. The first-order valence-corrected chi connectivity index (χ1v) is 12.2. The zero-order valence-corrected chi connectivity index (χ0v) is 19.5. The van der Waals surface area contributed by atoms with Gasteiger partial charge in [-0.05, 0) is 48.4 Å². The molecule has 0 aliphatic carbocycles. The molecule has 11 nitrogen and oxygen atoms in total. The number of carbonyl (C=O) groups is 2. The van der Waals surface area contributed by atoms with Crippen LogP contribution in [0.15, 0.2) is 48.5 Å². The first-order valence-electron chi connectivity index (χ1n) is 10.3. The Morgan fingerprint density at radius 2 is 1.62 bits per heavy atom. The lowest BCUT2D eigenvalue weighted by atomic mass is 10.1. The van der Waals surface area contributed by atoms with Crippen molar-refractivity contribution in [2.45, 2.75) is 12.8 Å². The third-order valence-electron chi connectivity index (χ3n) is 4.53. The van der Waals surface area contributed by atoms with E-state index in [2.05, 4.69) is 4.99 Å². The van der Waals surface area contributed by atoms with E-state index in [1.165, 1.54) is 0 Å². The maximum Gasteiger partial charge on any atom is 0.343 e. The van der Waals surface area contributed by atoms with Crippen molar-refractivity contribution in [2.24, 2.45) is 11.5 Å². The number of benzene rings is 2. The van der Waals surface area contributed by atoms with Crippen LogP contribution in [-0.4, -0.2) is 68.3 Å². The fourth-order valence-electron chi connectivity index (χ4n) is 2.97. The molecule has 1 aliphatic rings. The van der Waals surface area contributed by atoms with Crippen molar-refractivity contribution in [1.29, 1.82) is 0 Å². The molecule has 0 saturated carbocycles. The number of hydrogen-bond donors (Lipinski definition) is 3. The number of amides is 1. The van der Waals surface area contributed by atoms with Crippen molar-refractivity contribution >= 4 is 33.6 Å². The normalized spacial score (nSPS) is 13.3. The summed E-state index contributed by atoms with van der Waals surface area (Å²) >= 11 is 0. The summed E-state index contributed by atoms with van der Waals surface area (Å²) in [5.74, 6) is 0.194. The molecule has 0 bridgehead atoms. The van der Waals surface area contributed by atoms with Gasteiger partial charge >= 0.3 is 11.9 Å². The quantitative estimate of drug-likeness (QED) is 0.147. The summed E-state index contributed by atoms with van der Waals surface area (Å²) in [5.41, 5.74) is 12.9. The number of nitrogens with one attached hydrogen (secondary N) is 1. The zero-order valence-electron chi connectivity index (χ0n) is 18.7. The highest BCUT2D eigenvalue weighted by Crippen LogP contribution is 2.16. The standard InChI is InChI=1S/C21H24N4O4.CH4O3S/c22-21(23)24-17-6-4-16(5-7-17)20(27)29-18-8-1-15(2-9-18)3-10-19(26)25-11-13-28-14-12-25;1-5(2,3)4/h1-2,4-9H,3,10-14H2,(H4,22,23,24);1H3,(H,2,3,4). The first-order chi connectivity index (χ1) is 16.0. The van der Waals surface area contributed by atoms with E-state index in [0.717, 1.165) is 5.56 Å². The van der Waals surface area contributed by atoms with E-state index < -0.39 is 16.1 Å². The van der Waals surface area contributed by atoms with E-state index in [1.54, 1.807) is 36.4 Å². The summed E-state index contributed by atoms with van der Waals surface area (Å²) in [6, 6.07) is 13.8. The van der Waals surface area contributed by atoms with Crippen LogP contribution in [-0.2, 0) is 26.1 Å². The number of nitrogens with zero attached hydrogens (tertiary/aromatic N) is 1. The summed E-state index contributed by atoms with van der Waals surface area (Å²) in [5, 5.41) is 0. The molecule has 0 radical (unpaired) electrons. The second kappa shape index (κ2) is 12.7. The topological polar surface area (TPSA) is 179 Å². The van der Waals surface area contributed by atoms with Crippen molar-refractivity contribution in [3.8, 4) is 5.75 Å². The van der Waals surface area contributed by atoms with Gasteiger partial charge in [0.15, 0.2) is 0 Å². The van der Waals surface area contributed by atoms with Gasteiger partial charge in [0, 0.05) is 25.8 Å². The second-order valence-corrected chi connectivity index (χ2v) is 8.80. The molecule has 184 valence electrons. The zero-order chi connectivity index (χ0) is 25.1. The van der Waals surface area contributed by atoms with Crippen molar-refractivity contribution in [3.63, 3.8) is 0 Å². The van der Waals surface area contributed by atoms with Crippen LogP contribution in [0, 0.1) is 0 Å². The van der Waals surface area contributed by atoms with Crippen molar-refractivity contribution < 1.29 is 37.0 Å². The van der Waals surface area contributed by atoms with Crippen LogP contribution in [0.4, 0.5) is 5.69 Å². The number of esters is 1. The van der Waals surface area contributed by atoms with Crippen molar-refractivity contribution in [2.75, 3.05) is 32.6 Å². The third kappa shape index (κ3) is 10.4. The number of hydrogen-bond acceptors (Lipinski definition) is 7. The van der Waals surface area contributed by atoms with Gasteiger partial charge in [0.05, 0.1) is 34.6 Å². The molecule has 2 aromatic carbocycles. The number of ether oxygens (including phenoxy) is 2. The average molecular weight is 493 g/mol. The van der Waals surface area contributed by atoms with Crippen molar-refractivity contribution in [3.05, 3.63) is 59.7 Å². The lowest BCUT2D eigenvalue weighted by molar-refractivity contribution is -0.356. The summed E-state index contributed by atoms with van der Waals surface area (Å²) < 4.78 is 37.9. The molecule has 5 N–H and O–H groups in total. The molecule has 12 heteroatoms. The highest BCUT2D eigenvalue weighted by atomic mass is 32.2. The van der Waals surface area contributed by atoms with Gasteiger partial charge in [-0.3, -0.25) is 16.3 Å². The molecule has 0 spiro atoms. The molecule has 1 saturated heterocycles. The van der Waals surface area contributed by atoms with Gasteiger partial charge in [0.25, 0.3) is 0 Å². The molecule has 0 atom stereocenters. The summed E-state index contributed by atoms with van der Waals surface area (Å²) in [7, 11) is -3.92. The molecule has 1 amide bonds. The van der Waals surface area contributed by atoms with E-state index >= 15 is 0 Å². The molecule has 1 fully saturated rings. The van der Waals surface area contributed by atoms with Gasteiger partial charge in [0.2, 0.25) is 5.91 Å². The number of aryl methyl sites for hydroxylation is 1. The summed E-state index contributed by atoms with van der Waals surface area (Å²) in [6.07, 6.45) is 1.69. The number of carbonyl (C=O) groups excluding carboxylic acids is 2. The minimum Gasteiger partial charge on any atom is -0.748 e. The smallest absolute Gasteiger partial charge is 0.343 e. The SMILES string of the molecule is CS(=O)(=O)[O-].NC(N)=[NH+]c1ccc(C(=O)Oc2ccc(CCC(=O)N3CCOCC3)cc2)cc1. The number of nitrogens with two attached hydrogens (primary N) is 2. The Morgan fingerprint density at radius 3 is 2.15 bits per heavy atom. The van der Waals surface area contributed by atoms with Crippen LogP contribution in [0.25, 0.3) is 0 Å². The maximum absolute atomic E-state index is 12.3. The Labute approximate surface area is 198 Å². The minimum atomic E-state index is -3.92. The Bertz CT molecular complexity index is 1080. The Morgan fingerprint density at radius 1 is 1.06 bits per heavy atom. The number of guanidine groups is 1. The fourth-order valence-corrected chi connectivity index (χ4v) is 2.97. The highest BCUT2D eigenvalue weighted by Gasteiger charge is 2.16. The van der Waals surface area contributed by atoms with E-state index in [0.29, 0.717) is 62.4 Å². The Balaban J connectivity index is 0.000000739. The molecule has 3 rings (SSSR count). The highest BCUT2D eigenvalue weighted by molar-refractivity contribution is 7.84. The van der Waals surface area contributed by atoms with Crippen LogP contribution < -0.4 is 21.2 Å². The summed E-state index contributed by atoms with van der Waals surface area (Å²) in [6.45, 7) is 2.51. The van der Waals surface area contributed by atoms with Crippen molar-refractivity contribution in [1.82, 2.24) is 4.90 Å². The molecular weight excluding hydrogens is 464 g/mol. The lowest BCUT2D eigenvalue weighted by Crippen LogP contribution is -2.72. The third-order valence-corrected chi connectivity index (χ3v) is 4.53. The summed E-state index contributed by atoms with van der Waals surface area (Å²) in [4.78, 5) is 29.1. The van der Waals surface area contributed by atoms with E-state index in [9.17, 15) is 9.59 Å². The van der Waals surface area contributed by atoms with Crippen LogP contribution in [0.5, 0.6) is 5.75 Å². The van der Waals surface area contributed by atoms with E-state index in [1.807, 2.05) is 17.0 Å². The first kappa shape index (κ1) is 26.8. The predicted octanol–water partition coefficient (Wildman–Crippen LogP) is -1.16. The number of rotatable bonds is 6.